The fourth-order valence-corrected chi connectivity index (χ4v) is 2.33. The van der Waals surface area contributed by atoms with Crippen molar-refractivity contribution in [1.82, 2.24) is 25.6 Å². The first-order valence-corrected chi connectivity index (χ1v) is 6.85. The number of fused-ring (bicyclic) bond motifs is 1. The van der Waals surface area contributed by atoms with Crippen molar-refractivity contribution in [2.75, 3.05) is 0 Å². The van der Waals surface area contributed by atoms with Crippen molar-refractivity contribution in [2.45, 2.75) is 32.6 Å². The average Bonchev–Trinajstić information content (AvgIpc) is 2.91. The van der Waals surface area contributed by atoms with Crippen LogP contribution >= 0.6 is 0 Å². The molecule has 20 heavy (non-hydrogen) atoms. The van der Waals surface area contributed by atoms with Crippen LogP contribution in [0.15, 0.2) is 22.7 Å². The number of benzene rings is 1. The highest BCUT2D eigenvalue weighted by atomic mass is 16.5. The van der Waals surface area contributed by atoms with Crippen molar-refractivity contribution in [1.29, 1.82) is 0 Å². The molecule has 0 unspecified atom stereocenters. The van der Waals surface area contributed by atoms with Crippen molar-refractivity contribution in [3.8, 4) is 11.4 Å². The van der Waals surface area contributed by atoms with Crippen LogP contribution in [0.3, 0.4) is 0 Å². The summed E-state index contributed by atoms with van der Waals surface area (Å²) in [4.78, 5) is 4.47. The van der Waals surface area contributed by atoms with Gasteiger partial charge in [-0.1, -0.05) is 12.1 Å². The molecular formula is C14H15N5O. The number of H-pyrrole nitrogens is 1. The van der Waals surface area contributed by atoms with Crippen molar-refractivity contribution in [2.24, 2.45) is 5.41 Å². The standard InChI is InChI=1S/C14H15N5O/c1-14(6-7-14)5-4-12-15-13(18-20-12)9-2-3-10-11(8-9)17-19-16-10/h2-3,8H,4-7H2,1H3,(H,16,17,19). The summed E-state index contributed by atoms with van der Waals surface area (Å²) in [5.74, 6) is 1.33. The van der Waals surface area contributed by atoms with E-state index in [0.29, 0.717) is 17.1 Å². The molecule has 0 aliphatic heterocycles. The Morgan fingerprint density at radius 3 is 2.95 bits per heavy atom. The van der Waals surface area contributed by atoms with Crippen LogP contribution in [0.1, 0.15) is 32.1 Å². The highest BCUT2D eigenvalue weighted by Crippen LogP contribution is 2.48. The van der Waals surface area contributed by atoms with Crippen LogP contribution in [0.2, 0.25) is 0 Å². The third-order valence-electron chi connectivity index (χ3n) is 4.09. The summed E-state index contributed by atoms with van der Waals surface area (Å²) in [5.41, 5.74) is 3.05. The van der Waals surface area contributed by atoms with Gasteiger partial charge in [-0.3, -0.25) is 0 Å². The van der Waals surface area contributed by atoms with Gasteiger partial charge in [0.25, 0.3) is 0 Å². The third-order valence-corrected chi connectivity index (χ3v) is 4.09. The first kappa shape index (κ1) is 11.6. The lowest BCUT2D eigenvalue weighted by atomic mass is 10.0. The second-order valence-electron chi connectivity index (χ2n) is 5.85. The number of aromatic amines is 1. The molecule has 102 valence electrons. The maximum absolute atomic E-state index is 5.33. The minimum absolute atomic E-state index is 0.508. The Labute approximate surface area is 115 Å². The second kappa shape index (κ2) is 4.13. The number of aryl methyl sites for hydroxylation is 1. The molecule has 0 bridgehead atoms. The molecule has 2 aromatic heterocycles. The fourth-order valence-electron chi connectivity index (χ4n) is 2.33. The zero-order valence-electron chi connectivity index (χ0n) is 11.3. The van der Waals surface area contributed by atoms with Gasteiger partial charge in [-0.05, 0) is 42.9 Å². The Kier molecular flexibility index (Phi) is 2.39. The molecule has 0 saturated heterocycles. The molecular weight excluding hydrogens is 254 g/mol. The van der Waals surface area contributed by atoms with E-state index < -0.39 is 0 Å². The summed E-state index contributed by atoms with van der Waals surface area (Å²) in [5, 5.41) is 14.7. The highest BCUT2D eigenvalue weighted by Gasteiger charge is 2.36. The van der Waals surface area contributed by atoms with Crippen LogP contribution in [-0.2, 0) is 6.42 Å². The predicted octanol–water partition coefficient (Wildman–Crippen LogP) is 2.74. The van der Waals surface area contributed by atoms with Crippen LogP contribution in [0.5, 0.6) is 0 Å². The van der Waals surface area contributed by atoms with Crippen LogP contribution in [0, 0.1) is 5.41 Å². The number of aromatic nitrogens is 5. The Morgan fingerprint density at radius 2 is 2.10 bits per heavy atom. The molecule has 1 saturated carbocycles. The minimum Gasteiger partial charge on any atom is -0.339 e. The second-order valence-corrected chi connectivity index (χ2v) is 5.85. The molecule has 1 N–H and O–H groups in total. The van der Waals surface area contributed by atoms with Crippen LogP contribution in [0.4, 0.5) is 0 Å². The molecule has 0 amide bonds. The summed E-state index contributed by atoms with van der Waals surface area (Å²) in [6.07, 6.45) is 4.61. The van der Waals surface area contributed by atoms with E-state index in [9.17, 15) is 0 Å². The topological polar surface area (TPSA) is 80.5 Å². The number of hydrogen-bond acceptors (Lipinski definition) is 5. The lowest BCUT2D eigenvalue weighted by Gasteiger charge is -2.03. The molecule has 1 fully saturated rings. The average molecular weight is 269 g/mol. The maximum Gasteiger partial charge on any atom is 0.226 e. The van der Waals surface area contributed by atoms with Crippen molar-refractivity contribution in [3.05, 3.63) is 24.1 Å². The number of hydrogen-bond donors (Lipinski definition) is 1. The normalized spacial score (nSPS) is 16.6. The van der Waals surface area contributed by atoms with Crippen LogP contribution < -0.4 is 0 Å². The predicted molar refractivity (Wildman–Crippen MR) is 72.8 cm³/mol. The third kappa shape index (κ3) is 2.07. The molecule has 0 radical (unpaired) electrons. The molecule has 0 spiro atoms. The molecule has 1 aromatic carbocycles. The lowest BCUT2D eigenvalue weighted by Crippen LogP contribution is -1.96. The van der Waals surface area contributed by atoms with E-state index in [1.54, 1.807) is 0 Å². The molecule has 3 aromatic rings. The summed E-state index contributed by atoms with van der Waals surface area (Å²) in [6, 6.07) is 5.74. The van der Waals surface area contributed by atoms with E-state index in [-0.39, 0.29) is 0 Å². The van der Waals surface area contributed by atoms with Gasteiger partial charge in [0.1, 0.15) is 11.0 Å². The quantitative estimate of drug-likeness (QED) is 0.787. The summed E-state index contributed by atoms with van der Waals surface area (Å²) in [7, 11) is 0. The van der Waals surface area contributed by atoms with E-state index in [1.165, 1.54) is 12.8 Å². The fraction of sp³-hybridized carbons (Fsp3) is 0.429. The molecule has 2 heterocycles. The van der Waals surface area contributed by atoms with Gasteiger partial charge < -0.3 is 4.52 Å². The molecule has 1 aliphatic carbocycles. The summed E-state index contributed by atoms with van der Waals surface area (Å²) in [6.45, 7) is 2.31. The Morgan fingerprint density at radius 1 is 1.25 bits per heavy atom. The lowest BCUT2D eigenvalue weighted by molar-refractivity contribution is 0.362. The maximum atomic E-state index is 5.33. The largest absolute Gasteiger partial charge is 0.339 e. The first-order chi connectivity index (χ1) is 9.72. The van der Waals surface area contributed by atoms with Gasteiger partial charge in [-0.2, -0.15) is 20.4 Å². The Hall–Kier alpha value is -2.24. The van der Waals surface area contributed by atoms with E-state index in [0.717, 1.165) is 29.4 Å². The molecule has 0 atom stereocenters. The molecule has 4 rings (SSSR count). The van der Waals surface area contributed by atoms with Gasteiger partial charge in [0.15, 0.2) is 0 Å². The van der Waals surface area contributed by atoms with Gasteiger partial charge >= 0.3 is 0 Å². The van der Waals surface area contributed by atoms with Gasteiger partial charge in [0.05, 0.1) is 0 Å². The monoisotopic (exact) mass is 269 g/mol. The Bertz CT molecular complexity index is 756. The van der Waals surface area contributed by atoms with Crippen LogP contribution in [-0.4, -0.2) is 25.6 Å². The molecule has 1 aliphatic rings. The number of rotatable bonds is 4. The van der Waals surface area contributed by atoms with E-state index in [4.69, 9.17) is 4.52 Å². The summed E-state index contributed by atoms with van der Waals surface area (Å²) >= 11 is 0. The van der Waals surface area contributed by atoms with E-state index in [1.807, 2.05) is 18.2 Å². The SMILES string of the molecule is CC1(CCc2nc(-c3ccc4n[nH]nc4c3)no2)CC1. The van der Waals surface area contributed by atoms with Gasteiger partial charge in [0, 0.05) is 12.0 Å². The summed E-state index contributed by atoms with van der Waals surface area (Å²) < 4.78 is 5.33. The highest BCUT2D eigenvalue weighted by molar-refractivity contribution is 5.79. The number of nitrogens with one attached hydrogen (secondary N) is 1. The van der Waals surface area contributed by atoms with Crippen LogP contribution in [0.25, 0.3) is 22.4 Å². The van der Waals surface area contributed by atoms with Crippen molar-refractivity contribution >= 4 is 11.0 Å². The Balaban J connectivity index is 1.56. The number of nitrogens with zero attached hydrogens (tertiary/aromatic N) is 4. The van der Waals surface area contributed by atoms with E-state index >= 15 is 0 Å². The van der Waals surface area contributed by atoms with Gasteiger partial charge in [-0.25, -0.2) is 0 Å². The molecule has 6 heteroatoms. The van der Waals surface area contributed by atoms with Gasteiger partial charge in [0.2, 0.25) is 11.7 Å². The minimum atomic E-state index is 0.508. The van der Waals surface area contributed by atoms with Crippen molar-refractivity contribution < 1.29 is 4.52 Å². The first-order valence-electron chi connectivity index (χ1n) is 6.85. The molecule has 6 nitrogen and oxygen atoms in total. The zero-order chi connectivity index (χ0) is 13.6. The zero-order valence-corrected chi connectivity index (χ0v) is 11.3. The van der Waals surface area contributed by atoms with E-state index in [2.05, 4.69) is 32.5 Å². The smallest absolute Gasteiger partial charge is 0.226 e. The van der Waals surface area contributed by atoms with Gasteiger partial charge in [-0.15, -0.1) is 0 Å². The van der Waals surface area contributed by atoms with Crippen molar-refractivity contribution in [3.63, 3.8) is 0 Å².